The van der Waals surface area contributed by atoms with Crippen LogP contribution >= 0.6 is 11.6 Å². The Morgan fingerprint density at radius 1 is 1.12 bits per heavy atom. The van der Waals surface area contributed by atoms with Crippen LogP contribution in [0.5, 0.6) is 0 Å². The van der Waals surface area contributed by atoms with Crippen LogP contribution in [0, 0.1) is 5.82 Å². The molecule has 26 heavy (non-hydrogen) atoms. The summed E-state index contributed by atoms with van der Waals surface area (Å²) in [4.78, 5) is 18.7. The van der Waals surface area contributed by atoms with E-state index in [-0.39, 0.29) is 10.9 Å². The van der Waals surface area contributed by atoms with E-state index >= 15 is 0 Å². The summed E-state index contributed by atoms with van der Waals surface area (Å²) in [5, 5.41) is 3.10. The molecule has 0 spiro atoms. The third kappa shape index (κ3) is 4.00. The smallest absolute Gasteiger partial charge is 0.259 e. The van der Waals surface area contributed by atoms with Gasteiger partial charge in [0.2, 0.25) is 0 Å². The first kappa shape index (κ1) is 17.9. The molecule has 0 radical (unpaired) electrons. The second-order valence-electron chi connectivity index (χ2n) is 5.60. The zero-order chi connectivity index (χ0) is 18.5. The maximum absolute atomic E-state index is 13.3. The van der Waals surface area contributed by atoms with Crippen molar-refractivity contribution in [3.8, 4) is 0 Å². The van der Waals surface area contributed by atoms with Crippen LogP contribution < -0.4 is 10.2 Å². The van der Waals surface area contributed by atoms with Crippen LogP contribution in [0.1, 0.15) is 17.3 Å². The van der Waals surface area contributed by atoms with E-state index in [4.69, 9.17) is 11.6 Å². The molecular weight excluding hydrogens is 353 g/mol. The fraction of sp³-hybridized carbons (Fsp3) is 0.100. The van der Waals surface area contributed by atoms with Gasteiger partial charge in [0, 0.05) is 24.1 Å². The van der Waals surface area contributed by atoms with Gasteiger partial charge in [0.05, 0.1) is 22.5 Å². The molecule has 1 N–H and O–H groups in total. The number of carbonyl (C=O) groups is 1. The molecule has 0 bridgehead atoms. The first-order valence-corrected chi connectivity index (χ1v) is 8.50. The summed E-state index contributed by atoms with van der Waals surface area (Å²) in [5.41, 5.74) is 2.50. The number of para-hydroxylation sites is 1. The number of benzene rings is 2. The molecular formula is C20H17ClFN3O. The van der Waals surface area contributed by atoms with Gasteiger partial charge in [-0.05, 0) is 43.3 Å². The number of hydrogen-bond donors (Lipinski definition) is 1. The van der Waals surface area contributed by atoms with Gasteiger partial charge in [-0.3, -0.25) is 9.78 Å². The predicted octanol–water partition coefficient (Wildman–Crippen LogP) is 5.28. The highest BCUT2D eigenvalue weighted by Gasteiger charge is 2.16. The normalized spacial score (nSPS) is 10.4. The van der Waals surface area contributed by atoms with Gasteiger partial charge in [-0.15, -0.1) is 0 Å². The lowest BCUT2D eigenvalue weighted by Gasteiger charge is -2.21. The SMILES string of the molecule is CCN(C(=O)c1cncc(Nc2ccc(F)c(Cl)c2)c1)c1ccccc1. The summed E-state index contributed by atoms with van der Waals surface area (Å²) in [6.45, 7) is 2.45. The van der Waals surface area contributed by atoms with Crippen molar-refractivity contribution in [3.05, 3.63) is 83.4 Å². The maximum atomic E-state index is 13.3. The lowest BCUT2D eigenvalue weighted by atomic mass is 10.2. The van der Waals surface area contributed by atoms with E-state index in [9.17, 15) is 9.18 Å². The predicted molar refractivity (Wildman–Crippen MR) is 103 cm³/mol. The molecule has 0 saturated carbocycles. The van der Waals surface area contributed by atoms with Gasteiger partial charge in [0.25, 0.3) is 5.91 Å². The largest absolute Gasteiger partial charge is 0.354 e. The number of pyridine rings is 1. The van der Waals surface area contributed by atoms with Gasteiger partial charge in [0.15, 0.2) is 0 Å². The van der Waals surface area contributed by atoms with E-state index in [1.54, 1.807) is 23.2 Å². The fourth-order valence-electron chi connectivity index (χ4n) is 2.57. The minimum absolute atomic E-state index is 0.0245. The fourth-order valence-corrected chi connectivity index (χ4v) is 2.75. The third-order valence-corrected chi connectivity index (χ3v) is 4.11. The van der Waals surface area contributed by atoms with Crippen molar-refractivity contribution in [3.63, 3.8) is 0 Å². The highest BCUT2D eigenvalue weighted by Crippen LogP contribution is 2.23. The standard InChI is InChI=1S/C20H17ClFN3O/c1-2-25(17-6-4-3-5-7-17)20(26)14-10-16(13-23-12-14)24-15-8-9-19(22)18(21)11-15/h3-13,24H,2H2,1H3. The molecule has 1 amide bonds. The van der Waals surface area contributed by atoms with Crippen LogP contribution in [0.4, 0.5) is 21.5 Å². The topological polar surface area (TPSA) is 45.2 Å². The number of amides is 1. The molecule has 6 heteroatoms. The first-order valence-electron chi connectivity index (χ1n) is 8.12. The van der Waals surface area contributed by atoms with Crippen molar-refractivity contribution in [2.75, 3.05) is 16.8 Å². The first-order chi connectivity index (χ1) is 12.6. The number of rotatable bonds is 5. The minimum Gasteiger partial charge on any atom is -0.354 e. The van der Waals surface area contributed by atoms with Gasteiger partial charge in [-0.1, -0.05) is 29.8 Å². The van der Waals surface area contributed by atoms with Gasteiger partial charge in [0.1, 0.15) is 5.82 Å². The summed E-state index contributed by atoms with van der Waals surface area (Å²) in [6, 6.07) is 15.5. The Balaban J connectivity index is 1.84. The lowest BCUT2D eigenvalue weighted by Crippen LogP contribution is -2.30. The van der Waals surface area contributed by atoms with Gasteiger partial charge in [-0.25, -0.2) is 4.39 Å². The van der Waals surface area contributed by atoms with Crippen LogP contribution in [0.3, 0.4) is 0 Å². The molecule has 1 heterocycles. The molecule has 0 unspecified atom stereocenters. The third-order valence-electron chi connectivity index (χ3n) is 3.82. The number of aromatic nitrogens is 1. The molecule has 4 nitrogen and oxygen atoms in total. The minimum atomic E-state index is -0.485. The lowest BCUT2D eigenvalue weighted by molar-refractivity contribution is 0.0988. The van der Waals surface area contributed by atoms with E-state index in [0.717, 1.165) is 5.69 Å². The van der Waals surface area contributed by atoms with Crippen molar-refractivity contribution in [1.29, 1.82) is 0 Å². The molecule has 0 atom stereocenters. The van der Waals surface area contributed by atoms with E-state index < -0.39 is 5.82 Å². The Kier molecular flexibility index (Phi) is 5.49. The van der Waals surface area contributed by atoms with Gasteiger partial charge >= 0.3 is 0 Å². The van der Waals surface area contributed by atoms with Crippen molar-refractivity contribution >= 4 is 34.6 Å². The number of hydrogen-bond acceptors (Lipinski definition) is 3. The highest BCUT2D eigenvalue weighted by molar-refractivity contribution is 6.31. The van der Waals surface area contributed by atoms with Gasteiger partial charge < -0.3 is 10.2 Å². The molecule has 132 valence electrons. The molecule has 0 saturated heterocycles. The maximum Gasteiger partial charge on any atom is 0.259 e. The average molecular weight is 370 g/mol. The number of halogens is 2. The Morgan fingerprint density at radius 2 is 1.88 bits per heavy atom. The molecule has 0 fully saturated rings. The second-order valence-corrected chi connectivity index (χ2v) is 6.01. The Morgan fingerprint density at radius 3 is 2.58 bits per heavy atom. The number of nitrogens with one attached hydrogen (secondary N) is 1. The van der Waals surface area contributed by atoms with E-state index in [1.807, 2.05) is 37.3 Å². The van der Waals surface area contributed by atoms with Crippen molar-refractivity contribution in [2.45, 2.75) is 6.92 Å². The monoisotopic (exact) mass is 369 g/mol. The summed E-state index contributed by atoms with van der Waals surface area (Å²) < 4.78 is 13.3. The summed E-state index contributed by atoms with van der Waals surface area (Å²) in [7, 11) is 0. The summed E-state index contributed by atoms with van der Waals surface area (Å²) in [6.07, 6.45) is 3.11. The number of anilines is 3. The number of carbonyl (C=O) groups excluding carboxylic acids is 1. The molecule has 0 aliphatic heterocycles. The Hall–Kier alpha value is -2.92. The van der Waals surface area contributed by atoms with Crippen LogP contribution in [-0.2, 0) is 0 Å². The molecule has 2 aromatic carbocycles. The Bertz CT molecular complexity index is 918. The van der Waals surface area contributed by atoms with E-state index in [0.29, 0.717) is 23.5 Å². The molecule has 1 aromatic heterocycles. The van der Waals surface area contributed by atoms with Crippen molar-refractivity contribution < 1.29 is 9.18 Å². The molecule has 0 aliphatic rings. The van der Waals surface area contributed by atoms with Crippen LogP contribution in [0.2, 0.25) is 5.02 Å². The van der Waals surface area contributed by atoms with Crippen molar-refractivity contribution in [2.24, 2.45) is 0 Å². The zero-order valence-electron chi connectivity index (χ0n) is 14.1. The quantitative estimate of drug-likeness (QED) is 0.665. The Labute approximate surface area is 156 Å². The van der Waals surface area contributed by atoms with E-state index in [2.05, 4.69) is 10.3 Å². The summed E-state index contributed by atoms with van der Waals surface area (Å²) >= 11 is 5.80. The van der Waals surface area contributed by atoms with Gasteiger partial charge in [-0.2, -0.15) is 0 Å². The molecule has 3 aromatic rings. The zero-order valence-corrected chi connectivity index (χ0v) is 14.9. The molecule has 3 rings (SSSR count). The van der Waals surface area contributed by atoms with Crippen LogP contribution in [-0.4, -0.2) is 17.4 Å². The average Bonchev–Trinajstić information content (AvgIpc) is 2.66. The van der Waals surface area contributed by atoms with E-state index in [1.165, 1.54) is 18.3 Å². The second kappa shape index (κ2) is 7.97. The van der Waals surface area contributed by atoms with Crippen molar-refractivity contribution in [1.82, 2.24) is 4.98 Å². The highest BCUT2D eigenvalue weighted by atomic mass is 35.5. The summed E-state index contributed by atoms with van der Waals surface area (Å²) in [5.74, 6) is -0.632. The van der Waals surface area contributed by atoms with Crippen LogP contribution in [0.25, 0.3) is 0 Å². The number of nitrogens with zero attached hydrogens (tertiary/aromatic N) is 2. The molecule has 0 aliphatic carbocycles. The van der Waals surface area contributed by atoms with Crippen LogP contribution in [0.15, 0.2) is 67.0 Å².